The monoisotopic (exact) mass is 418 g/mol. The van der Waals surface area contributed by atoms with E-state index in [0.29, 0.717) is 30.9 Å². The SMILES string of the molecule is CCCCCCNC(=O)N(C)c1cccc(-c2ncc(CC(CC)C(=O)O)s2)n1. The van der Waals surface area contributed by atoms with Crippen LogP contribution in [0.5, 0.6) is 0 Å². The number of aromatic nitrogens is 2. The van der Waals surface area contributed by atoms with Crippen molar-refractivity contribution in [3.8, 4) is 10.7 Å². The molecule has 0 bridgehead atoms. The van der Waals surface area contributed by atoms with E-state index in [1.807, 2.05) is 19.1 Å². The summed E-state index contributed by atoms with van der Waals surface area (Å²) in [7, 11) is 1.69. The number of unbranched alkanes of at least 4 members (excludes halogenated alkanes) is 3. The van der Waals surface area contributed by atoms with Crippen molar-refractivity contribution in [3.05, 3.63) is 29.3 Å². The number of nitrogens with zero attached hydrogens (tertiary/aromatic N) is 3. The average molecular weight is 419 g/mol. The molecule has 0 fully saturated rings. The molecular formula is C21H30N4O3S. The van der Waals surface area contributed by atoms with Gasteiger partial charge in [-0.3, -0.25) is 9.69 Å². The van der Waals surface area contributed by atoms with Crippen LogP contribution < -0.4 is 10.2 Å². The fourth-order valence-corrected chi connectivity index (χ4v) is 3.83. The van der Waals surface area contributed by atoms with Crippen LogP contribution in [0.3, 0.4) is 0 Å². The third-order valence-electron chi connectivity index (χ3n) is 4.75. The molecule has 8 heteroatoms. The maximum Gasteiger partial charge on any atom is 0.322 e. The van der Waals surface area contributed by atoms with Crippen molar-refractivity contribution in [2.24, 2.45) is 5.92 Å². The normalized spacial score (nSPS) is 11.8. The van der Waals surface area contributed by atoms with Crippen LogP contribution in [0.4, 0.5) is 10.6 Å². The van der Waals surface area contributed by atoms with Crippen molar-refractivity contribution in [1.82, 2.24) is 15.3 Å². The van der Waals surface area contributed by atoms with Crippen LogP contribution in [-0.2, 0) is 11.2 Å². The highest BCUT2D eigenvalue weighted by Gasteiger charge is 2.18. The van der Waals surface area contributed by atoms with E-state index in [1.165, 1.54) is 29.1 Å². The third-order valence-corrected chi connectivity index (χ3v) is 5.79. The maximum atomic E-state index is 12.4. The molecule has 1 unspecified atom stereocenters. The molecule has 0 aromatic carbocycles. The number of carboxylic acid groups (broad SMARTS) is 1. The Morgan fingerprint density at radius 1 is 1.24 bits per heavy atom. The zero-order valence-electron chi connectivity index (χ0n) is 17.4. The number of rotatable bonds is 11. The first kappa shape index (κ1) is 22.8. The molecule has 2 rings (SSSR count). The van der Waals surface area contributed by atoms with Gasteiger partial charge < -0.3 is 10.4 Å². The first-order valence-corrected chi connectivity index (χ1v) is 10.9. The summed E-state index contributed by atoms with van der Waals surface area (Å²) in [5, 5.41) is 12.9. The van der Waals surface area contributed by atoms with Crippen LogP contribution in [0, 0.1) is 5.92 Å². The molecule has 2 heterocycles. The van der Waals surface area contributed by atoms with E-state index in [9.17, 15) is 14.7 Å². The first-order chi connectivity index (χ1) is 14.0. The molecule has 2 aromatic heterocycles. The number of hydrogen-bond donors (Lipinski definition) is 2. The topological polar surface area (TPSA) is 95.4 Å². The minimum atomic E-state index is -0.787. The quantitative estimate of drug-likeness (QED) is 0.521. The van der Waals surface area contributed by atoms with Crippen molar-refractivity contribution >= 4 is 29.2 Å². The third kappa shape index (κ3) is 6.81. The van der Waals surface area contributed by atoms with Crippen molar-refractivity contribution in [2.45, 2.75) is 52.4 Å². The van der Waals surface area contributed by atoms with E-state index < -0.39 is 11.9 Å². The van der Waals surface area contributed by atoms with Crippen LogP contribution in [0.1, 0.15) is 50.8 Å². The number of anilines is 1. The molecule has 0 aliphatic heterocycles. The molecule has 0 saturated heterocycles. The Hall–Kier alpha value is -2.48. The minimum absolute atomic E-state index is 0.182. The summed E-state index contributed by atoms with van der Waals surface area (Å²) < 4.78 is 0. The molecule has 158 valence electrons. The fourth-order valence-electron chi connectivity index (χ4n) is 2.87. The second kappa shape index (κ2) is 11.5. The first-order valence-electron chi connectivity index (χ1n) is 10.1. The summed E-state index contributed by atoms with van der Waals surface area (Å²) in [6.07, 6.45) is 7.18. The van der Waals surface area contributed by atoms with Crippen molar-refractivity contribution in [2.75, 3.05) is 18.5 Å². The van der Waals surface area contributed by atoms with Crippen molar-refractivity contribution < 1.29 is 14.7 Å². The molecule has 0 radical (unpaired) electrons. The molecule has 0 saturated carbocycles. The molecule has 2 N–H and O–H groups in total. The maximum absolute atomic E-state index is 12.4. The molecule has 0 aliphatic carbocycles. The molecule has 0 spiro atoms. The Balaban J connectivity index is 2.02. The van der Waals surface area contributed by atoms with E-state index in [-0.39, 0.29) is 6.03 Å². The van der Waals surface area contributed by atoms with E-state index in [4.69, 9.17) is 0 Å². The van der Waals surface area contributed by atoms with Gasteiger partial charge in [0, 0.05) is 24.7 Å². The Bertz CT molecular complexity index is 809. The summed E-state index contributed by atoms with van der Waals surface area (Å²) in [6, 6.07) is 5.29. The average Bonchev–Trinajstić information content (AvgIpc) is 3.19. The van der Waals surface area contributed by atoms with Gasteiger partial charge in [-0.15, -0.1) is 11.3 Å². The Morgan fingerprint density at radius 2 is 2.03 bits per heavy atom. The number of carboxylic acids is 1. The lowest BCUT2D eigenvalue weighted by Gasteiger charge is -2.17. The zero-order chi connectivity index (χ0) is 21.2. The number of carbonyl (C=O) groups excluding carboxylic acids is 1. The van der Waals surface area contributed by atoms with E-state index in [2.05, 4.69) is 22.2 Å². The van der Waals surface area contributed by atoms with Gasteiger partial charge in [-0.25, -0.2) is 14.8 Å². The number of hydrogen-bond acceptors (Lipinski definition) is 5. The summed E-state index contributed by atoms with van der Waals surface area (Å²) in [5.74, 6) is -0.651. The van der Waals surface area contributed by atoms with E-state index in [0.717, 1.165) is 22.7 Å². The smallest absolute Gasteiger partial charge is 0.322 e. The van der Waals surface area contributed by atoms with Crippen molar-refractivity contribution in [1.29, 1.82) is 0 Å². The predicted molar refractivity (Wildman–Crippen MR) is 116 cm³/mol. The molecule has 7 nitrogen and oxygen atoms in total. The highest BCUT2D eigenvalue weighted by Crippen LogP contribution is 2.27. The lowest BCUT2D eigenvalue weighted by molar-refractivity contribution is -0.141. The summed E-state index contributed by atoms with van der Waals surface area (Å²) in [6.45, 7) is 4.68. The molecular weight excluding hydrogens is 388 g/mol. The van der Waals surface area contributed by atoms with Gasteiger partial charge in [0.25, 0.3) is 0 Å². The van der Waals surface area contributed by atoms with E-state index >= 15 is 0 Å². The zero-order valence-corrected chi connectivity index (χ0v) is 18.2. The van der Waals surface area contributed by atoms with Gasteiger partial charge >= 0.3 is 12.0 Å². The number of thiazole rings is 1. The highest BCUT2D eigenvalue weighted by atomic mass is 32.1. The lowest BCUT2D eigenvalue weighted by Crippen LogP contribution is -2.38. The molecule has 2 amide bonds. The standard InChI is InChI=1S/C21H30N4O3S/c1-4-6-7-8-12-22-21(28)25(3)18-11-9-10-17(24-18)19-23-14-16(29-19)13-15(5-2)20(26)27/h9-11,14-15H,4-8,12-13H2,1-3H3,(H,22,28)(H,26,27). The van der Waals surface area contributed by atoms with Crippen LogP contribution in [0.15, 0.2) is 24.4 Å². The Kier molecular flexibility index (Phi) is 9.05. The van der Waals surface area contributed by atoms with Gasteiger partial charge in [0.05, 0.1) is 5.92 Å². The molecule has 2 aromatic rings. The van der Waals surface area contributed by atoms with Gasteiger partial charge in [0.2, 0.25) is 0 Å². The van der Waals surface area contributed by atoms with Gasteiger partial charge in [0.1, 0.15) is 16.5 Å². The van der Waals surface area contributed by atoms with Gasteiger partial charge in [-0.2, -0.15) is 0 Å². The fraction of sp³-hybridized carbons (Fsp3) is 0.524. The number of aliphatic carboxylic acids is 1. The number of amides is 2. The second-order valence-electron chi connectivity index (χ2n) is 7.01. The Morgan fingerprint density at radius 3 is 2.72 bits per heavy atom. The second-order valence-corrected chi connectivity index (χ2v) is 8.13. The minimum Gasteiger partial charge on any atom is -0.481 e. The number of nitrogens with one attached hydrogen (secondary N) is 1. The number of pyridine rings is 1. The summed E-state index contributed by atoms with van der Waals surface area (Å²) in [5.41, 5.74) is 0.671. The van der Waals surface area contributed by atoms with Crippen LogP contribution in [0.2, 0.25) is 0 Å². The molecule has 1 atom stereocenters. The van der Waals surface area contributed by atoms with Crippen LogP contribution in [-0.4, -0.2) is 40.7 Å². The largest absolute Gasteiger partial charge is 0.481 e. The molecule has 0 aliphatic rings. The summed E-state index contributed by atoms with van der Waals surface area (Å²) >= 11 is 1.44. The predicted octanol–water partition coefficient (Wildman–Crippen LogP) is 4.58. The van der Waals surface area contributed by atoms with Crippen LogP contribution >= 0.6 is 11.3 Å². The van der Waals surface area contributed by atoms with Gasteiger partial charge in [-0.05, 0) is 31.4 Å². The number of urea groups is 1. The molecule has 29 heavy (non-hydrogen) atoms. The number of carbonyl (C=O) groups is 2. The lowest BCUT2D eigenvalue weighted by atomic mass is 10.0. The Labute approximate surface area is 176 Å². The van der Waals surface area contributed by atoms with E-state index in [1.54, 1.807) is 19.3 Å². The van der Waals surface area contributed by atoms with Gasteiger partial charge in [0.15, 0.2) is 0 Å². The van der Waals surface area contributed by atoms with Gasteiger partial charge in [-0.1, -0.05) is 39.2 Å². The highest BCUT2D eigenvalue weighted by molar-refractivity contribution is 7.15. The summed E-state index contributed by atoms with van der Waals surface area (Å²) in [4.78, 5) is 35.0. The van der Waals surface area contributed by atoms with Crippen molar-refractivity contribution in [3.63, 3.8) is 0 Å². The van der Waals surface area contributed by atoms with Crippen LogP contribution in [0.25, 0.3) is 10.7 Å².